The highest BCUT2D eigenvalue weighted by molar-refractivity contribution is 5.71. The summed E-state index contributed by atoms with van der Waals surface area (Å²) >= 11 is 0. The average molecular weight is 1180 g/mol. The molecule has 462 valence electrons. The number of aryl methyl sites for hydroxylation is 1. The molecule has 8 aromatic rings. The van der Waals surface area contributed by atoms with E-state index in [4.69, 9.17) is 18.9 Å². The zero-order chi connectivity index (χ0) is 61.4. The molecule has 7 nitrogen and oxygen atoms in total. The van der Waals surface area contributed by atoms with Gasteiger partial charge in [0, 0.05) is 37.2 Å². The minimum atomic E-state index is 0.391. The van der Waals surface area contributed by atoms with Gasteiger partial charge in [-0.3, -0.25) is 15.0 Å². The second-order valence-electron chi connectivity index (χ2n) is 27.5. The first-order chi connectivity index (χ1) is 42.8. The fourth-order valence-electron chi connectivity index (χ4n) is 16.6. The van der Waals surface area contributed by atoms with Gasteiger partial charge in [-0.15, -0.1) is 0 Å². The van der Waals surface area contributed by atoms with E-state index in [0.29, 0.717) is 22.3 Å². The molecule has 0 bridgehead atoms. The first kappa shape index (κ1) is 63.8. The Morgan fingerprint density at radius 3 is 1.42 bits per heavy atom. The number of unbranched alkanes of at least 4 members (excludes halogenated alkanes) is 3. The summed E-state index contributed by atoms with van der Waals surface area (Å²) in [5, 5.41) is 0. The Kier molecular flexibility index (Phi) is 22.0. The Balaban J connectivity index is 0.000000147. The minimum absolute atomic E-state index is 0.391. The van der Waals surface area contributed by atoms with Crippen LogP contribution in [0.1, 0.15) is 164 Å². The Morgan fingerprint density at radius 1 is 0.466 bits per heavy atom. The summed E-state index contributed by atoms with van der Waals surface area (Å²) in [5.41, 5.74) is 10.1. The molecule has 0 unspecified atom stereocenters. The normalized spacial score (nSPS) is 22.9. The van der Waals surface area contributed by atoms with Crippen LogP contribution in [-0.2, 0) is 6.42 Å². The van der Waals surface area contributed by atoms with Crippen molar-refractivity contribution in [3.63, 3.8) is 0 Å². The van der Waals surface area contributed by atoms with Crippen molar-refractivity contribution in [2.24, 2.45) is 51.8 Å². The number of benzene rings is 5. The van der Waals surface area contributed by atoms with Gasteiger partial charge in [0.15, 0.2) is 0 Å². The van der Waals surface area contributed by atoms with Crippen molar-refractivity contribution in [3.8, 4) is 67.9 Å². The monoisotopic (exact) mass is 1180 g/mol. The van der Waals surface area contributed by atoms with Crippen LogP contribution in [0.2, 0.25) is 0 Å². The first-order valence-corrected chi connectivity index (χ1v) is 33.7. The van der Waals surface area contributed by atoms with Crippen molar-refractivity contribution >= 4 is 0 Å². The molecule has 0 saturated heterocycles. The van der Waals surface area contributed by atoms with Gasteiger partial charge in [0.1, 0.15) is 34.5 Å². The van der Waals surface area contributed by atoms with Crippen LogP contribution in [0, 0.1) is 51.8 Å². The van der Waals surface area contributed by atoms with E-state index in [1.807, 2.05) is 85.2 Å². The third-order valence-electron chi connectivity index (χ3n) is 20.7. The van der Waals surface area contributed by atoms with E-state index in [-0.39, 0.29) is 0 Å². The zero-order valence-corrected chi connectivity index (χ0v) is 54.2. The molecule has 0 radical (unpaired) electrons. The van der Waals surface area contributed by atoms with Gasteiger partial charge in [-0.1, -0.05) is 172 Å². The number of hydrogen-bond acceptors (Lipinski definition) is 7. The van der Waals surface area contributed by atoms with Gasteiger partial charge in [0.25, 0.3) is 0 Å². The smallest absolute Gasteiger partial charge is 0.130 e. The Morgan fingerprint density at radius 2 is 0.920 bits per heavy atom. The van der Waals surface area contributed by atoms with Crippen molar-refractivity contribution in [3.05, 3.63) is 200 Å². The number of aromatic nitrogens is 3. The molecule has 0 aliphatic heterocycles. The fraction of sp³-hybridized carbons (Fsp3) is 0.444. The molecular weight excluding hydrogens is 1080 g/mol. The van der Waals surface area contributed by atoms with E-state index in [0.717, 1.165) is 95.0 Å². The number of fused-ring (bicyclic) bond motifs is 5. The SMILES string of the molecule is CC(C)CC(C)(C)[C@H]1CCC[C@H]2[C@@H]3CC[C@H]4C[C@@H](Oc5ccncc5)CC[C@]4(C)[C@H]3CC[C@]12C.CCCCCCOc1ccc(-c2ccc(Oc3ccncc3)cc2)cc1.CCCc1ccc(-c2ccc(-c3ccc(Oc4ccncc4)cc3)cc2)cc1. The summed E-state index contributed by atoms with van der Waals surface area (Å²) < 4.78 is 23.9. The summed E-state index contributed by atoms with van der Waals surface area (Å²) in [5.74, 6) is 10.6. The van der Waals surface area contributed by atoms with E-state index in [9.17, 15) is 0 Å². The molecule has 0 amide bonds. The third kappa shape index (κ3) is 16.3. The maximum atomic E-state index is 6.43. The van der Waals surface area contributed by atoms with Crippen LogP contribution in [-0.4, -0.2) is 27.7 Å². The van der Waals surface area contributed by atoms with Gasteiger partial charge in [-0.2, -0.15) is 0 Å². The molecule has 3 aromatic heterocycles. The summed E-state index contributed by atoms with van der Waals surface area (Å²) in [7, 11) is 0. The predicted molar refractivity (Wildman–Crippen MR) is 363 cm³/mol. The fourth-order valence-corrected chi connectivity index (χ4v) is 16.6. The lowest BCUT2D eigenvalue weighted by molar-refractivity contribution is -0.165. The number of nitrogens with zero attached hydrogens (tertiary/aromatic N) is 3. The Hall–Kier alpha value is -7.25. The lowest BCUT2D eigenvalue weighted by Crippen LogP contribution is -2.58. The van der Waals surface area contributed by atoms with E-state index in [1.165, 1.54) is 130 Å². The molecule has 5 aromatic carbocycles. The number of rotatable bonds is 20. The molecular formula is C81H99N3O4. The maximum absolute atomic E-state index is 6.43. The Bertz CT molecular complexity index is 3320. The van der Waals surface area contributed by atoms with Crippen LogP contribution in [0.15, 0.2) is 195 Å². The van der Waals surface area contributed by atoms with Crippen LogP contribution in [0.3, 0.4) is 0 Å². The van der Waals surface area contributed by atoms with E-state index in [1.54, 1.807) is 24.8 Å². The van der Waals surface area contributed by atoms with Crippen molar-refractivity contribution in [2.75, 3.05) is 6.61 Å². The minimum Gasteiger partial charge on any atom is -0.494 e. The van der Waals surface area contributed by atoms with Crippen LogP contribution >= 0.6 is 0 Å². The van der Waals surface area contributed by atoms with Gasteiger partial charge in [0.2, 0.25) is 0 Å². The second kappa shape index (κ2) is 30.3. The van der Waals surface area contributed by atoms with Crippen LogP contribution in [0.4, 0.5) is 0 Å². The van der Waals surface area contributed by atoms with Crippen molar-refractivity contribution in [2.45, 2.75) is 171 Å². The second-order valence-corrected chi connectivity index (χ2v) is 27.5. The number of hydrogen-bond donors (Lipinski definition) is 0. The highest BCUT2D eigenvalue weighted by Crippen LogP contribution is 2.68. The van der Waals surface area contributed by atoms with Gasteiger partial charge in [-0.25, -0.2) is 0 Å². The van der Waals surface area contributed by atoms with Crippen molar-refractivity contribution in [1.29, 1.82) is 0 Å². The molecule has 3 heterocycles. The summed E-state index contributed by atoms with van der Waals surface area (Å²) in [6, 6.07) is 53.6. The summed E-state index contributed by atoms with van der Waals surface area (Å²) in [6.45, 7) is 20.7. The van der Waals surface area contributed by atoms with Gasteiger partial charge in [0.05, 0.1) is 12.7 Å². The molecule has 8 atom stereocenters. The standard InChI is InChI=1S/C32H51NO.C26H23NO.C23H25NO2/c1-22(2)21-30(3,4)29-9-7-8-27-26-11-10-23-20-25(34-24-14-18-33-19-15-24)12-16-31(23,5)28(26)13-17-32(27,29)6;1-2-3-20-4-6-21(7-5-20)22-8-10-23(11-9-22)24-12-14-25(15-13-24)28-26-16-18-27-19-17-26;1-2-3-4-5-18-25-21-10-6-19(7-11-21)20-8-12-22(13-9-20)26-23-14-16-24-17-15-23/h14-15,18-19,22-23,25-29H,7-13,16-17,20-21H2,1-6H3;4-19H,2-3H2,1H3;6-17H,2-5,18H2,1H3/t23-,25-,26-,27-,28-,29+,31-,32-;;/m0../s1. The first-order valence-electron chi connectivity index (χ1n) is 33.7. The zero-order valence-electron chi connectivity index (χ0n) is 54.2. The molecule has 12 rings (SSSR count). The van der Waals surface area contributed by atoms with Gasteiger partial charge < -0.3 is 18.9 Å². The third-order valence-corrected chi connectivity index (χ3v) is 20.7. The van der Waals surface area contributed by atoms with E-state index < -0.39 is 0 Å². The molecule has 4 fully saturated rings. The molecule has 88 heavy (non-hydrogen) atoms. The maximum Gasteiger partial charge on any atom is 0.130 e. The quantitative estimate of drug-likeness (QED) is 0.0704. The number of pyridine rings is 3. The van der Waals surface area contributed by atoms with Crippen molar-refractivity contribution in [1.82, 2.24) is 15.0 Å². The molecule has 4 aliphatic carbocycles. The summed E-state index contributed by atoms with van der Waals surface area (Å²) in [6.07, 6.45) is 33.7. The lowest BCUT2D eigenvalue weighted by atomic mass is 9.40. The molecule has 4 aliphatic rings. The molecule has 0 N–H and O–H groups in total. The van der Waals surface area contributed by atoms with Gasteiger partial charge in [-0.05, 0) is 241 Å². The van der Waals surface area contributed by atoms with Crippen LogP contribution in [0.25, 0.3) is 33.4 Å². The van der Waals surface area contributed by atoms with Crippen LogP contribution < -0.4 is 18.9 Å². The molecule has 7 heteroatoms. The highest BCUT2D eigenvalue weighted by atomic mass is 16.5. The van der Waals surface area contributed by atoms with E-state index >= 15 is 0 Å². The molecule has 4 saturated carbocycles. The number of ether oxygens (including phenoxy) is 4. The summed E-state index contributed by atoms with van der Waals surface area (Å²) in [4.78, 5) is 12.1. The van der Waals surface area contributed by atoms with Crippen LogP contribution in [0.5, 0.6) is 34.5 Å². The van der Waals surface area contributed by atoms with Crippen molar-refractivity contribution < 1.29 is 18.9 Å². The Labute approximate surface area is 528 Å². The largest absolute Gasteiger partial charge is 0.494 e. The predicted octanol–water partition coefficient (Wildman–Crippen LogP) is 22.6. The van der Waals surface area contributed by atoms with E-state index in [2.05, 4.69) is 155 Å². The molecule has 0 spiro atoms. The topological polar surface area (TPSA) is 75.6 Å². The lowest BCUT2D eigenvalue weighted by Gasteiger charge is -2.65. The average Bonchev–Trinajstić information content (AvgIpc) is 0.739. The highest BCUT2D eigenvalue weighted by Gasteiger charge is 2.60. The van der Waals surface area contributed by atoms with Gasteiger partial charge >= 0.3 is 0 Å².